The summed E-state index contributed by atoms with van der Waals surface area (Å²) in [5.41, 5.74) is 0.913. The number of rotatable bonds is 3. The van der Waals surface area contributed by atoms with E-state index in [1.54, 1.807) is 6.92 Å². The minimum Gasteiger partial charge on any atom is -0.263 e. The van der Waals surface area contributed by atoms with Crippen molar-refractivity contribution in [1.82, 2.24) is 0 Å². The van der Waals surface area contributed by atoms with Crippen LogP contribution in [0.2, 0.25) is 5.02 Å². The first-order valence-corrected chi connectivity index (χ1v) is 10.5. The van der Waals surface area contributed by atoms with Gasteiger partial charge in [0.1, 0.15) is 5.82 Å². The number of nitrogens with zero attached hydrogens (tertiary/aromatic N) is 1. The van der Waals surface area contributed by atoms with Gasteiger partial charge in [-0.3, -0.25) is 4.31 Å². The molecule has 3 rings (SSSR count). The van der Waals surface area contributed by atoms with Crippen molar-refractivity contribution >= 4 is 37.3 Å². The first-order chi connectivity index (χ1) is 11.5. The van der Waals surface area contributed by atoms with Gasteiger partial charge in [0, 0.05) is 6.04 Å². The Morgan fingerprint density at radius 1 is 1.12 bits per heavy atom. The molecule has 0 saturated heterocycles. The lowest BCUT2D eigenvalue weighted by atomic mass is 10.1. The SMILES string of the molecule is CC1Cc2cc(S(N)(=O)=O)ccc2N1S(=O)(=O)c1ccc(F)c(Cl)c1. The number of hydrogen-bond donors (Lipinski definition) is 1. The molecule has 134 valence electrons. The molecule has 0 bridgehead atoms. The fourth-order valence-corrected chi connectivity index (χ4v) is 5.40. The zero-order chi connectivity index (χ0) is 18.6. The van der Waals surface area contributed by atoms with Crippen LogP contribution >= 0.6 is 11.6 Å². The average Bonchev–Trinajstić information content (AvgIpc) is 2.84. The van der Waals surface area contributed by atoms with Gasteiger partial charge in [-0.2, -0.15) is 0 Å². The van der Waals surface area contributed by atoms with Gasteiger partial charge < -0.3 is 0 Å². The Morgan fingerprint density at radius 2 is 1.76 bits per heavy atom. The number of hydrogen-bond acceptors (Lipinski definition) is 4. The monoisotopic (exact) mass is 404 g/mol. The van der Waals surface area contributed by atoms with E-state index in [0.29, 0.717) is 17.7 Å². The van der Waals surface area contributed by atoms with Crippen LogP contribution in [0.15, 0.2) is 46.2 Å². The summed E-state index contributed by atoms with van der Waals surface area (Å²) in [5, 5.41) is 4.82. The molecule has 1 aliphatic rings. The molecular formula is C15H14ClFN2O4S2. The van der Waals surface area contributed by atoms with Crippen LogP contribution in [0.3, 0.4) is 0 Å². The summed E-state index contributed by atoms with van der Waals surface area (Å²) >= 11 is 5.70. The standard InChI is InChI=1S/C15H14ClFN2O4S2/c1-9-6-10-7-11(24(18,20)21)3-5-15(10)19(9)25(22,23)12-2-4-14(17)13(16)8-12/h2-5,7-9H,6H2,1H3,(H2,18,20,21). The molecule has 1 atom stereocenters. The van der Waals surface area contributed by atoms with Crippen LogP contribution in [-0.2, 0) is 26.5 Å². The maximum atomic E-state index is 13.3. The third-order valence-electron chi connectivity index (χ3n) is 3.98. The molecule has 2 N–H and O–H groups in total. The van der Waals surface area contributed by atoms with Crippen molar-refractivity contribution in [2.24, 2.45) is 5.14 Å². The van der Waals surface area contributed by atoms with E-state index < -0.39 is 31.9 Å². The molecule has 0 aliphatic carbocycles. The summed E-state index contributed by atoms with van der Waals surface area (Å²) in [4.78, 5) is -0.225. The Labute approximate surface area is 150 Å². The van der Waals surface area contributed by atoms with Gasteiger partial charge in [-0.05, 0) is 55.3 Å². The van der Waals surface area contributed by atoms with E-state index in [0.717, 1.165) is 18.2 Å². The van der Waals surface area contributed by atoms with E-state index in [1.165, 1.54) is 22.5 Å². The minimum absolute atomic E-state index is 0.0810. The second-order valence-electron chi connectivity index (χ2n) is 5.77. The van der Waals surface area contributed by atoms with Crippen LogP contribution in [0.1, 0.15) is 12.5 Å². The highest BCUT2D eigenvalue weighted by molar-refractivity contribution is 7.93. The summed E-state index contributed by atoms with van der Waals surface area (Å²) in [6, 6.07) is 6.76. The van der Waals surface area contributed by atoms with Crippen LogP contribution in [-0.4, -0.2) is 22.9 Å². The van der Waals surface area contributed by atoms with E-state index in [-0.39, 0.29) is 14.8 Å². The molecule has 2 aromatic carbocycles. The van der Waals surface area contributed by atoms with Gasteiger partial charge in [-0.25, -0.2) is 26.4 Å². The summed E-state index contributed by atoms with van der Waals surface area (Å²) in [6.07, 6.45) is 0.326. The third-order valence-corrected chi connectivity index (χ3v) is 7.11. The van der Waals surface area contributed by atoms with Crippen LogP contribution in [0.4, 0.5) is 10.1 Å². The maximum absolute atomic E-state index is 13.3. The minimum atomic E-state index is -3.99. The predicted octanol–water partition coefficient (Wildman–Crippen LogP) is 2.27. The Balaban J connectivity index is 2.11. The number of benzene rings is 2. The summed E-state index contributed by atoms with van der Waals surface area (Å²) in [6.45, 7) is 1.69. The topological polar surface area (TPSA) is 97.5 Å². The van der Waals surface area contributed by atoms with E-state index in [9.17, 15) is 21.2 Å². The largest absolute Gasteiger partial charge is 0.264 e. The maximum Gasteiger partial charge on any atom is 0.264 e. The van der Waals surface area contributed by atoms with Crippen LogP contribution < -0.4 is 9.44 Å². The third kappa shape index (κ3) is 3.12. The molecule has 0 spiro atoms. The van der Waals surface area contributed by atoms with Crippen LogP contribution in [0.25, 0.3) is 0 Å². The highest BCUT2D eigenvalue weighted by Gasteiger charge is 2.36. The number of nitrogens with two attached hydrogens (primary N) is 1. The molecule has 10 heteroatoms. The van der Waals surface area contributed by atoms with E-state index in [2.05, 4.69) is 0 Å². The Hall–Kier alpha value is -1.68. The zero-order valence-corrected chi connectivity index (χ0v) is 15.4. The number of sulfonamides is 2. The normalized spacial score (nSPS) is 17.6. The lowest BCUT2D eigenvalue weighted by Crippen LogP contribution is -2.35. The number of fused-ring (bicyclic) bond motifs is 1. The van der Waals surface area contributed by atoms with E-state index in [1.807, 2.05) is 0 Å². The summed E-state index contributed by atoms with van der Waals surface area (Å²) in [7, 11) is -7.87. The first kappa shape index (κ1) is 18.1. The summed E-state index contributed by atoms with van der Waals surface area (Å²) in [5.74, 6) is -0.715. The molecule has 0 aromatic heterocycles. The van der Waals surface area contributed by atoms with Gasteiger partial charge in [0.2, 0.25) is 10.0 Å². The van der Waals surface area contributed by atoms with Crippen molar-refractivity contribution in [3.05, 3.63) is 52.8 Å². The van der Waals surface area contributed by atoms with Crippen molar-refractivity contribution < 1.29 is 21.2 Å². The van der Waals surface area contributed by atoms with Gasteiger partial charge >= 0.3 is 0 Å². The fourth-order valence-electron chi connectivity index (χ4n) is 2.87. The first-order valence-electron chi connectivity index (χ1n) is 7.17. The lowest BCUT2D eigenvalue weighted by molar-refractivity contribution is 0.583. The van der Waals surface area contributed by atoms with E-state index in [4.69, 9.17) is 16.7 Å². The molecule has 2 aromatic rings. The van der Waals surface area contributed by atoms with Crippen molar-refractivity contribution in [3.8, 4) is 0 Å². The predicted molar refractivity (Wildman–Crippen MR) is 92.1 cm³/mol. The number of primary sulfonamides is 1. The van der Waals surface area contributed by atoms with Crippen LogP contribution in [0.5, 0.6) is 0 Å². The second-order valence-corrected chi connectivity index (χ2v) is 9.55. The van der Waals surface area contributed by atoms with Crippen LogP contribution in [0, 0.1) is 5.82 Å². The molecule has 6 nitrogen and oxygen atoms in total. The van der Waals surface area contributed by atoms with Crippen molar-refractivity contribution in [2.45, 2.75) is 29.2 Å². The molecule has 0 radical (unpaired) electrons. The van der Waals surface area contributed by atoms with Gasteiger partial charge in [0.15, 0.2) is 0 Å². The molecule has 0 saturated carbocycles. The van der Waals surface area contributed by atoms with Gasteiger partial charge in [0.25, 0.3) is 10.0 Å². The van der Waals surface area contributed by atoms with Gasteiger partial charge in [0.05, 0.1) is 20.5 Å². The molecule has 1 aliphatic heterocycles. The zero-order valence-electron chi connectivity index (χ0n) is 13.0. The lowest BCUT2D eigenvalue weighted by Gasteiger charge is -2.24. The molecule has 0 fully saturated rings. The second kappa shape index (κ2) is 5.94. The highest BCUT2D eigenvalue weighted by atomic mass is 35.5. The quantitative estimate of drug-likeness (QED) is 0.848. The molecular weight excluding hydrogens is 391 g/mol. The highest BCUT2D eigenvalue weighted by Crippen LogP contribution is 2.38. The smallest absolute Gasteiger partial charge is 0.263 e. The molecule has 1 heterocycles. The summed E-state index contributed by atoms with van der Waals surface area (Å²) < 4.78 is 63.4. The molecule has 0 amide bonds. The van der Waals surface area contributed by atoms with Crippen molar-refractivity contribution in [1.29, 1.82) is 0 Å². The average molecular weight is 405 g/mol. The Kier molecular flexibility index (Phi) is 4.31. The number of halogens is 2. The number of anilines is 1. The Morgan fingerprint density at radius 3 is 2.36 bits per heavy atom. The fraction of sp³-hybridized carbons (Fsp3) is 0.200. The Bertz CT molecular complexity index is 1070. The molecule has 25 heavy (non-hydrogen) atoms. The van der Waals surface area contributed by atoms with Gasteiger partial charge in [-0.1, -0.05) is 11.6 Å². The van der Waals surface area contributed by atoms with Gasteiger partial charge in [-0.15, -0.1) is 0 Å². The van der Waals surface area contributed by atoms with Crippen molar-refractivity contribution in [2.75, 3.05) is 4.31 Å². The van der Waals surface area contributed by atoms with E-state index >= 15 is 0 Å². The molecule has 1 unspecified atom stereocenters. The van der Waals surface area contributed by atoms with Crippen molar-refractivity contribution in [3.63, 3.8) is 0 Å².